The van der Waals surface area contributed by atoms with Gasteiger partial charge in [0.05, 0.1) is 0 Å². The molecule has 2 N–H and O–H groups in total. The molecule has 1 aromatic heterocycles. The molecule has 1 heterocycles. The number of urea groups is 1. The van der Waals surface area contributed by atoms with Gasteiger partial charge < -0.3 is 10.6 Å². The summed E-state index contributed by atoms with van der Waals surface area (Å²) >= 11 is 1.69. The molecule has 3 nitrogen and oxygen atoms in total. The highest BCUT2D eigenvalue weighted by Gasteiger charge is 2.22. The van der Waals surface area contributed by atoms with Gasteiger partial charge in [-0.15, -0.1) is 0 Å². The molecular weight excluding hydrogens is 196 g/mol. The molecule has 76 valence electrons. The van der Waals surface area contributed by atoms with E-state index >= 15 is 0 Å². The van der Waals surface area contributed by atoms with Gasteiger partial charge in [0.15, 0.2) is 0 Å². The van der Waals surface area contributed by atoms with E-state index in [1.54, 1.807) is 11.3 Å². The maximum absolute atomic E-state index is 11.2. The first-order valence-electron chi connectivity index (χ1n) is 4.90. The first kappa shape index (κ1) is 9.52. The van der Waals surface area contributed by atoms with Crippen molar-refractivity contribution in [3.05, 3.63) is 22.4 Å². The quantitative estimate of drug-likeness (QED) is 0.781. The third-order valence-electron chi connectivity index (χ3n) is 2.19. The van der Waals surface area contributed by atoms with Crippen LogP contribution in [0.2, 0.25) is 0 Å². The van der Waals surface area contributed by atoms with Crippen molar-refractivity contribution in [3.8, 4) is 0 Å². The molecule has 0 aromatic carbocycles. The first-order valence-corrected chi connectivity index (χ1v) is 5.84. The number of carbonyl (C=O) groups excluding carboxylic acids is 1. The smallest absolute Gasteiger partial charge is 0.315 e. The molecule has 0 bridgehead atoms. The van der Waals surface area contributed by atoms with E-state index in [0.29, 0.717) is 6.04 Å². The van der Waals surface area contributed by atoms with Crippen molar-refractivity contribution in [2.24, 2.45) is 0 Å². The highest BCUT2D eigenvalue weighted by molar-refractivity contribution is 7.07. The van der Waals surface area contributed by atoms with Crippen LogP contribution in [0.4, 0.5) is 4.79 Å². The zero-order chi connectivity index (χ0) is 9.80. The van der Waals surface area contributed by atoms with Crippen LogP contribution >= 0.6 is 11.3 Å². The van der Waals surface area contributed by atoms with Gasteiger partial charge in [0, 0.05) is 12.6 Å². The van der Waals surface area contributed by atoms with Crippen LogP contribution in [0.25, 0.3) is 0 Å². The van der Waals surface area contributed by atoms with Gasteiger partial charge in [-0.25, -0.2) is 4.79 Å². The highest BCUT2D eigenvalue weighted by Crippen LogP contribution is 2.18. The molecule has 2 rings (SSSR count). The summed E-state index contributed by atoms with van der Waals surface area (Å²) in [5.74, 6) is 0. The number of amides is 2. The van der Waals surface area contributed by atoms with Crippen molar-refractivity contribution >= 4 is 17.4 Å². The predicted octanol–water partition coefficient (Wildman–Crippen LogP) is 1.75. The fourth-order valence-electron chi connectivity index (χ4n) is 1.22. The van der Waals surface area contributed by atoms with E-state index < -0.39 is 0 Å². The molecule has 1 aromatic rings. The third-order valence-corrected chi connectivity index (χ3v) is 2.92. The Balaban J connectivity index is 1.60. The lowest BCUT2D eigenvalue weighted by atomic mass is 10.2. The van der Waals surface area contributed by atoms with E-state index in [2.05, 4.69) is 27.5 Å². The number of carbonyl (C=O) groups is 1. The van der Waals surface area contributed by atoms with Crippen LogP contribution in [0, 0.1) is 0 Å². The van der Waals surface area contributed by atoms with Crippen LogP contribution in [0.3, 0.4) is 0 Å². The lowest BCUT2D eigenvalue weighted by Crippen LogP contribution is -2.37. The van der Waals surface area contributed by atoms with Crippen molar-refractivity contribution in [2.45, 2.75) is 25.3 Å². The first-order chi connectivity index (χ1) is 6.84. The number of thiophene rings is 1. The topological polar surface area (TPSA) is 41.1 Å². The third kappa shape index (κ3) is 3.03. The summed E-state index contributed by atoms with van der Waals surface area (Å²) in [5.41, 5.74) is 1.29. The summed E-state index contributed by atoms with van der Waals surface area (Å²) in [7, 11) is 0. The van der Waals surface area contributed by atoms with E-state index in [9.17, 15) is 4.79 Å². The van der Waals surface area contributed by atoms with Crippen molar-refractivity contribution in [1.82, 2.24) is 10.6 Å². The maximum atomic E-state index is 11.2. The van der Waals surface area contributed by atoms with Crippen molar-refractivity contribution in [2.75, 3.05) is 6.54 Å². The van der Waals surface area contributed by atoms with Crippen LogP contribution in [-0.2, 0) is 6.42 Å². The van der Waals surface area contributed by atoms with Gasteiger partial charge in [0.2, 0.25) is 0 Å². The predicted molar refractivity (Wildman–Crippen MR) is 57.6 cm³/mol. The maximum Gasteiger partial charge on any atom is 0.315 e. The second-order valence-corrected chi connectivity index (χ2v) is 4.34. The van der Waals surface area contributed by atoms with Gasteiger partial charge in [-0.1, -0.05) is 0 Å². The monoisotopic (exact) mass is 210 g/mol. The van der Waals surface area contributed by atoms with E-state index in [-0.39, 0.29) is 6.03 Å². The second-order valence-electron chi connectivity index (χ2n) is 3.56. The lowest BCUT2D eigenvalue weighted by molar-refractivity contribution is 0.240. The van der Waals surface area contributed by atoms with Crippen molar-refractivity contribution in [1.29, 1.82) is 0 Å². The van der Waals surface area contributed by atoms with E-state index in [1.807, 2.05) is 0 Å². The molecule has 14 heavy (non-hydrogen) atoms. The molecular formula is C10H14N2OS. The Kier molecular flexibility index (Phi) is 3.03. The molecule has 0 unspecified atom stereocenters. The average molecular weight is 210 g/mol. The molecule has 1 saturated carbocycles. The zero-order valence-electron chi connectivity index (χ0n) is 7.95. The largest absolute Gasteiger partial charge is 0.338 e. The molecule has 1 aliphatic carbocycles. The van der Waals surface area contributed by atoms with Gasteiger partial charge in [-0.05, 0) is 41.7 Å². The molecule has 1 aliphatic rings. The Morgan fingerprint density at radius 1 is 1.57 bits per heavy atom. The number of nitrogens with one attached hydrogen (secondary N) is 2. The SMILES string of the molecule is O=C(NCCc1ccsc1)NC1CC1. The van der Waals surface area contributed by atoms with Crippen LogP contribution in [0.1, 0.15) is 18.4 Å². The molecule has 0 spiro atoms. The minimum Gasteiger partial charge on any atom is -0.338 e. The normalized spacial score (nSPS) is 15.1. The second kappa shape index (κ2) is 4.46. The van der Waals surface area contributed by atoms with E-state index in [4.69, 9.17) is 0 Å². The fourth-order valence-corrected chi connectivity index (χ4v) is 1.92. The van der Waals surface area contributed by atoms with Crippen molar-refractivity contribution < 1.29 is 4.79 Å². The standard InChI is InChI=1S/C10H14N2OS/c13-10(12-9-1-2-9)11-5-3-8-4-6-14-7-8/h4,6-7,9H,1-3,5H2,(H2,11,12,13). The summed E-state index contributed by atoms with van der Waals surface area (Å²) in [4.78, 5) is 11.2. The lowest BCUT2D eigenvalue weighted by Gasteiger charge is -2.05. The molecule has 0 atom stereocenters. The molecule has 0 radical (unpaired) electrons. The molecule has 2 amide bonds. The summed E-state index contributed by atoms with van der Waals surface area (Å²) in [6.07, 6.45) is 3.19. The summed E-state index contributed by atoms with van der Waals surface area (Å²) in [5, 5.41) is 9.90. The van der Waals surface area contributed by atoms with Gasteiger partial charge >= 0.3 is 6.03 Å². The Morgan fingerprint density at radius 3 is 3.07 bits per heavy atom. The van der Waals surface area contributed by atoms with Gasteiger partial charge in [-0.2, -0.15) is 11.3 Å². The molecule has 0 aliphatic heterocycles. The van der Waals surface area contributed by atoms with E-state index in [1.165, 1.54) is 5.56 Å². The fraction of sp³-hybridized carbons (Fsp3) is 0.500. The average Bonchev–Trinajstić information content (AvgIpc) is 2.82. The minimum atomic E-state index is -0.0253. The Hall–Kier alpha value is -1.03. The minimum absolute atomic E-state index is 0.0253. The summed E-state index contributed by atoms with van der Waals surface area (Å²) in [6, 6.07) is 2.50. The van der Waals surface area contributed by atoms with Crippen LogP contribution < -0.4 is 10.6 Å². The Bertz CT molecular complexity index is 293. The van der Waals surface area contributed by atoms with Gasteiger partial charge in [0.1, 0.15) is 0 Å². The van der Waals surface area contributed by atoms with Crippen molar-refractivity contribution in [3.63, 3.8) is 0 Å². The summed E-state index contributed by atoms with van der Waals surface area (Å²) in [6.45, 7) is 0.718. The van der Waals surface area contributed by atoms with Gasteiger partial charge in [-0.3, -0.25) is 0 Å². The van der Waals surface area contributed by atoms with Crippen LogP contribution in [0.15, 0.2) is 16.8 Å². The molecule has 0 saturated heterocycles. The van der Waals surface area contributed by atoms with Gasteiger partial charge in [0.25, 0.3) is 0 Å². The Morgan fingerprint density at radius 2 is 2.43 bits per heavy atom. The number of rotatable bonds is 4. The van der Waals surface area contributed by atoms with Crippen LogP contribution in [-0.4, -0.2) is 18.6 Å². The number of hydrogen-bond acceptors (Lipinski definition) is 2. The summed E-state index contributed by atoms with van der Waals surface area (Å²) < 4.78 is 0. The van der Waals surface area contributed by atoms with Crippen LogP contribution in [0.5, 0.6) is 0 Å². The molecule has 1 fully saturated rings. The number of hydrogen-bond donors (Lipinski definition) is 2. The molecule has 4 heteroatoms. The zero-order valence-corrected chi connectivity index (χ0v) is 8.77. The Labute approximate surface area is 87.5 Å². The van der Waals surface area contributed by atoms with E-state index in [0.717, 1.165) is 25.8 Å². The highest BCUT2D eigenvalue weighted by atomic mass is 32.1.